The highest BCUT2D eigenvalue weighted by Crippen LogP contribution is 2.30. The summed E-state index contributed by atoms with van der Waals surface area (Å²) in [7, 11) is 0. The van der Waals surface area contributed by atoms with Crippen molar-refractivity contribution in [3.63, 3.8) is 0 Å². The minimum atomic E-state index is -0.0730. The number of hydrogen-bond acceptors (Lipinski definition) is 0. The van der Waals surface area contributed by atoms with Crippen molar-refractivity contribution in [3.05, 3.63) is 56.9 Å². The van der Waals surface area contributed by atoms with Crippen LogP contribution in [-0.4, -0.2) is 0 Å². The lowest BCUT2D eigenvalue weighted by Crippen LogP contribution is -2.35. The van der Waals surface area contributed by atoms with Gasteiger partial charge in [-0.2, -0.15) is 0 Å². The molecule has 1 aromatic rings. The summed E-state index contributed by atoms with van der Waals surface area (Å²) < 4.78 is 0. The van der Waals surface area contributed by atoms with E-state index in [1.54, 1.807) is 12.2 Å². The van der Waals surface area contributed by atoms with E-state index in [4.69, 9.17) is 23.2 Å². The lowest BCUT2D eigenvalue weighted by Gasteiger charge is -2.23. The molecule has 0 fully saturated rings. The fourth-order valence-corrected chi connectivity index (χ4v) is 3.64. The van der Waals surface area contributed by atoms with Gasteiger partial charge in [0.2, 0.25) is 0 Å². The van der Waals surface area contributed by atoms with E-state index in [0.29, 0.717) is 10.0 Å². The summed E-state index contributed by atoms with van der Waals surface area (Å²) >= 11 is 13.7. The topological polar surface area (TPSA) is 0 Å². The first-order valence-corrected chi connectivity index (χ1v) is 9.04. The van der Waals surface area contributed by atoms with Crippen molar-refractivity contribution in [1.82, 2.24) is 0 Å². The Balaban J connectivity index is 4.55. The Morgan fingerprint density at radius 2 is 1.46 bits per heavy atom. The summed E-state index contributed by atoms with van der Waals surface area (Å²) in [6, 6.07) is 0. The van der Waals surface area contributed by atoms with Crippen LogP contribution in [0, 0.1) is 5.41 Å². The molecule has 0 saturated heterocycles. The summed E-state index contributed by atoms with van der Waals surface area (Å²) in [5.74, 6) is 0. The summed E-state index contributed by atoms with van der Waals surface area (Å²) in [4.78, 5) is 0. The third-order valence-corrected chi connectivity index (χ3v) is 5.01. The van der Waals surface area contributed by atoms with E-state index >= 15 is 0 Å². The van der Waals surface area contributed by atoms with Gasteiger partial charge in [-0.3, -0.25) is 0 Å². The van der Waals surface area contributed by atoms with Crippen LogP contribution in [0.1, 0.15) is 59.1 Å². The van der Waals surface area contributed by atoms with E-state index in [-0.39, 0.29) is 5.41 Å². The molecule has 0 amide bonds. The molecule has 1 aromatic carbocycles. The molecule has 0 N–H and O–H groups in total. The maximum Gasteiger partial charge on any atom is 0.0566 e. The van der Waals surface area contributed by atoms with Crippen LogP contribution < -0.4 is 10.4 Å². The van der Waals surface area contributed by atoms with Gasteiger partial charge in [0.25, 0.3) is 0 Å². The molecule has 0 atom stereocenters. The van der Waals surface area contributed by atoms with Crippen molar-refractivity contribution in [2.75, 3.05) is 0 Å². The van der Waals surface area contributed by atoms with Crippen LogP contribution >= 0.6 is 23.2 Å². The van der Waals surface area contributed by atoms with Crippen molar-refractivity contribution >= 4 is 46.5 Å². The predicted octanol–water partition coefficient (Wildman–Crippen LogP) is 6.63. The first-order chi connectivity index (χ1) is 11.1. The Bertz CT molecular complexity index is 800. The smallest absolute Gasteiger partial charge is 0.0566 e. The third kappa shape index (κ3) is 3.87. The number of rotatable bonds is 4. The van der Waals surface area contributed by atoms with Gasteiger partial charge in [0.1, 0.15) is 0 Å². The van der Waals surface area contributed by atoms with Gasteiger partial charge < -0.3 is 0 Å². The predicted molar refractivity (Wildman–Crippen MR) is 113 cm³/mol. The standard InChI is InChI=1S/C22H28Cl2/c1-9-13-17(22(6,7)8)19-18(14(5)10-2)20(23)15(11-3)16(12-4)21(19)24/h9,11-13H,3-4,10H2,1-2,5-8H3/b13-9-,18-14?,19-17-. The molecule has 0 aromatic heterocycles. The molecule has 0 saturated carbocycles. The summed E-state index contributed by atoms with van der Waals surface area (Å²) in [5.41, 5.74) is 3.99. The molecule has 0 radical (unpaired) electrons. The second kappa shape index (κ2) is 8.23. The van der Waals surface area contributed by atoms with Crippen molar-refractivity contribution in [3.8, 4) is 0 Å². The molecule has 0 unspecified atom stereocenters. The number of hydrogen-bond donors (Lipinski definition) is 0. The first kappa shape index (κ1) is 20.8. The van der Waals surface area contributed by atoms with Crippen molar-refractivity contribution in [1.29, 1.82) is 0 Å². The fourth-order valence-electron chi connectivity index (χ4n) is 2.83. The number of halogens is 2. The monoisotopic (exact) mass is 362 g/mol. The molecular formula is C22H28Cl2. The van der Waals surface area contributed by atoms with Crippen molar-refractivity contribution in [2.24, 2.45) is 5.41 Å². The van der Waals surface area contributed by atoms with E-state index in [2.05, 4.69) is 53.9 Å². The Labute approximate surface area is 156 Å². The van der Waals surface area contributed by atoms with Crippen LogP contribution in [0.2, 0.25) is 10.0 Å². The van der Waals surface area contributed by atoms with E-state index < -0.39 is 0 Å². The lowest BCUT2D eigenvalue weighted by molar-refractivity contribution is 0.566. The van der Waals surface area contributed by atoms with Crippen molar-refractivity contribution < 1.29 is 0 Å². The van der Waals surface area contributed by atoms with Gasteiger partial charge in [0.15, 0.2) is 0 Å². The van der Waals surface area contributed by atoms with Crippen LogP contribution in [0.4, 0.5) is 0 Å². The maximum atomic E-state index is 6.86. The van der Waals surface area contributed by atoms with Gasteiger partial charge in [0.05, 0.1) is 10.0 Å². The molecule has 1 rings (SSSR count). The van der Waals surface area contributed by atoms with Crippen LogP contribution in [0.25, 0.3) is 23.3 Å². The van der Waals surface area contributed by atoms with Gasteiger partial charge in [-0.05, 0) is 31.3 Å². The Hall–Kier alpha value is -1.24. The minimum Gasteiger partial charge on any atom is -0.0984 e. The number of allylic oxidation sites excluding steroid dienone is 2. The Kier molecular flexibility index (Phi) is 7.13. The SMILES string of the molecule is C=Cc1c(C=C)c(Cl)/c(=C(/C=C\C)C(C)(C)C)c(=C(C)CC)c1Cl. The highest BCUT2D eigenvalue weighted by Gasteiger charge is 2.21. The molecule has 0 aliphatic rings. The average molecular weight is 363 g/mol. The number of benzene rings is 1. The fraction of sp³-hybridized carbons (Fsp3) is 0.364. The second-order valence-corrected chi connectivity index (χ2v) is 7.67. The Morgan fingerprint density at radius 3 is 1.79 bits per heavy atom. The minimum absolute atomic E-state index is 0.0730. The lowest BCUT2D eigenvalue weighted by atomic mass is 9.83. The van der Waals surface area contributed by atoms with Gasteiger partial charge in [-0.15, -0.1) is 0 Å². The largest absolute Gasteiger partial charge is 0.0984 e. The normalized spacial score (nSPS) is 14.7. The van der Waals surface area contributed by atoms with Gasteiger partial charge in [-0.1, -0.05) is 93.9 Å². The van der Waals surface area contributed by atoms with Crippen molar-refractivity contribution in [2.45, 2.75) is 48.0 Å². The first-order valence-electron chi connectivity index (χ1n) is 8.28. The average Bonchev–Trinajstić information content (AvgIpc) is 2.52. The summed E-state index contributed by atoms with van der Waals surface area (Å²) in [6.07, 6.45) is 8.60. The molecule has 0 aliphatic carbocycles. The van der Waals surface area contributed by atoms with E-state index in [1.807, 2.05) is 13.0 Å². The van der Waals surface area contributed by atoms with E-state index in [9.17, 15) is 0 Å². The zero-order valence-electron chi connectivity index (χ0n) is 15.7. The van der Waals surface area contributed by atoms with E-state index in [1.165, 1.54) is 11.1 Å². The quantitative estimate of drug-likeness (QED) is 0.563. The molecule has 0 nitrogen and oxygen atoms in total. The maximum absolute atomic E-state index is 6.86. The molecule has 0 heterocycles. The highest BCUT2D eigenvalue weighted by molar-refractivity contribution is 6.36. The highest BCUT2D eigenvalue weighted by atomic mass is 35.5. The van der Waals surface area contributed by atoms with Gasteiger partial charge >= 0.3 is 0 Å². The molecule has 2 heteroatoms. The zero-order chi connectivity index (χ0) is 18.7. The molecule has 0 bridgehead atoms. The molecular weight excluding hydrogens is 335 g/mol. The van der Waals surface area contributed by atoms with Gasteiger partial charge in [0, 0.05) is 21.6 Å². The zero-order valence-corrected chi connectivity index (χ0v) is 17.2. The third-order valence-electron chi connectivity index (χ3n) is 4.23. The summed E-state index contributed by atoms with van der Waals surface area (Å²) in [5, 5.41) is 3.42. The molecule has 130 valence electrons. The van der Waals surface area contributed by atoms with E-state index in [0.717, 1.165) is 28.0 Å². The van der Waals surface area contributed by atoms with Gasteiger partial charge in [-0.25, -0.2) is 0 Å². The molecule has 0 spiro atoms. The van der Waals surface area contributed by atoms with Crippen LogP contribution in [0.3, 0.4) is 0 Å². The van der Waals surface area contributed by atoms with Crippen LogP contribution in [0.5, 0.6) is 0 Å². The molecule has 0 aliphatic heterocycles. The molecule has 24 heavy (non-hydrogen) atoms. The second-order valence-electron chi connectivity index (χ2n) is 6.91. The summed E-state index contributed by atoms with van der Waals surface area (Å²) in [6.45, 7) is 20.6. The van der Waals surface area contributed by atoms with Crippen LogP contribution in [-0.2, 0) is 0 Å². The Morgan fingerprint density at radius 1 is 1.00 bits per heavy atom. The van der Waals surface area contributed by atoms with Crippen LogP contribution in [0.15, 0.2) is 25.3 Å².